The molecule has 1 aliphatic heterocycles. The molecule has 5 aromatic rings. The summed E-state index contributed by atoms with van der Waals surface area (Å²) in [5.41, 5.74) is 6.01. The quantitative estimate of drug-likeness (QED) is 0.235. The lowest BCUT2D eigenvalue weighted by molar-refractivity contribution is -0.141. The van der Waals surface area contributed by atoms with Gasteiger partial charge in [0.1, 0.15) is 12.1 Å². The molecule has 3 heterocycles. The van der Waals surface area contributed by atoms with Crippen molar-refractivity contribution in [1.29, 1.82) is 0 Å². The van der Waals surface area contributed by atoms with E-state index in [1.807, 2.05) is 61.5 Å². The van der Waals surface area contributed by atoms with Crippen molar-refractivity contribution in [3.63, 3.8) is 0 Å². The summed E-state index contributed by atoms with van der Waals surface area (Å²) in [4.78, 5) is 36.5. The summed E-state index contributed by atoms with van der Waals surface area (Å²) in [5.74, 6) is -0.907. The highest BCUT2D eigenvalue weighted by atomic mass is 79.9. The van der Waals surface area contributed by atoms with E-state index in [4.69, 9.17) is 21.6 Å². The molecule has 37 heavy (non-hydrogen) atoms. The minimum atomic E-state index is -0.458. The third kappa shape index (κ3) is 3.93. The van der Waals surface area contributed by atoms with Gasteiger partial charge < -0.3 is 4.57 Å². The number of hydrazone groups is 1. The number of carbonyl (C=O) groups is 2. The number of imide groups is 1. The largest absolute Gasteiger partial charge is 0.314 e. The van der Waals surface area contributed by atoms with Gasteiger partial charge >= 0.3 is 0 Å². The van der Waals surface area contributed by atoms with Crippen LogP contribution in [0.3, 0.4) is 0 Å². The predicted octanol–water partition coefficient (Wildman–Crippen LogP) is 6.37. The van der Waals surface area contributed by atoms with Crippen LogP contribution in [-0.4, -0.2) is 37.1 Å². The smallest absolute Gasteiger partial charge is 0.283 e. The van der Waals surface area contributed by atoms with Crippen LogP contribution in [0.25, 0.3) is 38.7 Å². The lowest BCUT2D eigenvalue weighted by Gasteiger charge is -2.13. The molecule has 0 N–H and O–H groups in total. The molecule has 0 spiro atoms. The number of nitrogens with zero attached hydrogens (tertiary/aromatic N) is 5. The van der Waals surface area contributed by atoms with Gasteiger partial charge in [0.15, 0.2) is 5.65 Å². The van der Waals surface area contributed by atoms with Gasteiger partial charge in [-0.3, -0.25) is 9.59 Å². The standard InChI is InChI=1S/C28H19BrClN5O2/c1-15(17-7-10-19(30)11-8-17)25-16(2)33-35(28(25)37)24(36)14-34-23-12-9-18(29)13-20(23)26-27(34)32-22-6-4-3-5-21(22)31-26/h3-13H,14H2,1-2H3/b25-15-. The molecule has 2 aromatic heterocycles. The number of amides is 2. The zero-order valence-corrected chi connectivity index (χ0v) is 22.2. The second-order valence-corrected chi connectivity index (χ2v) is 10.2. The molecule has 7 nitrogen and oxygen atoms in total. The molecular formula is C28H19BrClN5O2. The van der Waals surface area contributed by atoms with Crippen LogP contribution in [0, 0.1) is 0 Å². The Bertz CT molecular complexity index is 1840. The first-order valence-electron chi connectivity index (χ1n) is 11.6. The molecule has 0 fully saturated rings. The maximum absolute atomic E-state index is 13.5. The minimum Gasteiger partial charge on any atom is -0.314 e. The minimum absolute atomic E-state index is 0.121. The Labute approximate surface area is 225 Å². The molecule has 0 saturated heterocycles. The molecule has 2 amide bonds. The average Bonchev–Trinajstić information content (AvgIpc) is 3.35. The molecule has 0 unspecified atom stereocenters. The molecular weight excluding hydrogens is 554 g/mol. The van der Waals surface area contributed by atoms with E-state index in [0.717, 1.165) is 42.6 Å². The second-order valence-electron chi connectivity index (χ2n) is 8.84. The van der Waals surface area contributed by atoms with Crippen LogP contribution in [0.1, 0.15) is 19.4 Å². The zero-order chi connectivity index (χ0) is 25.8. The number of benzene rings is 3. The van der Waals surface area contributed by atoms with E-state index in [9.17, 15) is 9.59 Å². The van der Waals surface area contributed by atoms with Crippen LogP contribution in [-0.2, 0) is 16.1 Å². The second kappa shape index (κ2) is 8.90. The normalized spacial score (nSPS) is 15.2. The van der Waals surface area contributed by atoms with Gasteiger partial charge in [-0.2, -0.15) is 10.1 Å². The SMILES string of the molecule is CC1=NN(C(=O)Cn2c3ccc(Br)cc3c3nc4ccccc4nc32)C(=O)/C1=C(/C)c1ccc(Cl)cc1. The van der Waals surface area contributed by atoms with E-state index in [1.54, 1.807) is 23.6 Å². The molecule has 6 rings (SSSR count). The molecule has 0 saturated carbocycles. The highest BCUT2D eigenvalue weighted by molar-refractivity contribution is 9.10. The van der Waals surface area contributed by atoms with Gasteiger partial charge in [-0.25, -0.2) is 9.97 Å². The highest BCUT2D eigenvalue weighted by Gasteiger charge is 2.34. The fourth-order valence-electron chi connectivity index (χ4n) is 4.72. The lowest BCUT2D eigenvalue weighted by Crippen LogP contribution is -2.32. The summed E-state index contributed by atoms with van der Waals surface area (Å²) in [6, 6.07) is 20.6. The molecule has 0 aliphatic carbocycles. The zero-order valence-electron chi connectivity index (χ0n) is 19.9. The van der Waals surface area contributed by atoms with E-state index >= 15 is 0 Å². The Hall–Kier alpha value is -3.88. The summed E-state index contributed by atoms with van der Waals surface area (Å²) < 4.78 is 2.69. The van der Waals surface area contributed by atoms with Crippen LogP contribution < -0.4 is 0 Å². The topological polar surface area (TPSA) is 80.5 Å². The first-order valence-corrected chi connectivity index (χ1v) is 12.7. The predicted molar refractivity (Wildman–Crippen MR) is 149 cm³/mol. The Kier molecular flexibility index (Phi) is 5.66. The Balaban J connectivity index is 1.42. The summed E-state index contributed by atoms with van der Waals surface area (Å²) in [6.45, 7) is 3.45. The van der Waals surface area contributed by atoms with Crippen LogP contribution in [0.4, 0.5) is 0 Å². The maximum Gasteiger partial charge on any atom is 0.283 e. The van der Waals surface area contributed by atoms with Crippen molar-refractivity contribution >= 4 is 83.7 Å². The van der Waals surface area contributed by atoms with Crippen molar-refractivity contribution in [3.8, 4) is 0 Å². The number of halogens is 2. The van der Waals surface area contributed by atoms with Gasteiger partial charge in [0.25, 0.3) is 11.8 Å². The van der Waals surface area contributed by atoms with Crippen LogP contribution >= 0.6 is 27.5 Å². The number of hydrogen-bond acceptors (Lipinski definition) is 5. The van der Waals surface area contributed by atoms with Crippen LogP contribution in [0.15, 0.2) is 81.9 Å². The van der Waals surface area contributed by atoms with Crippen LogP contribution in [0.5, 0.6) is 0 Å². The summed E-state index contributed by atoms with van der Waals surface area (Å²) >= 11 is 9.55. The van der Waals surface area contributed by atoms with E-state index in [-0.39, 0.29) is 6.54 Å². The molecule has 1 aliphatic rings. The monoisotopic (exact) mass is 571 g/mol. The van der Waals surface area contributed by atoms with Crippen molar-refractivity contribution in [1.82, 2.24) is 19.5 Å². The summed E-state index contributed by atoms with van der Waals surface area (Å²) in [7, 11) is 0. The fraction of sp³-hybridized carbons (Fsp3) is 0.107. The molecule has 182 valence electrons. The Morgan fingerprint density at radius 2 is 1.70 bits per heavy atom. The van der Waals surface area contributed by atoms with Crippen molar-refractivity contribution in [2.24, 2.45) is 5.10 Å². The average molecular weight is 573 g/mol. The van der Waals surface area contributed by atoms with Gasteiger partial charge in [-0.05, 0) is 67.4 Å². The number of allylic oxidation sites excluding steroid dienone is 1. The lowest BCUT2D eigenvalue weighted by atomic mass is 9.98. The highest BCUT2D eigenvalue weighted by Crippen LogP contribution is 2.31. The van der Waals surface area contributed by atoms with E-state index in [1.165, 1.54) is 0 Å². The van der Waals surface area contributed by atoms with Gasteiger partial charge in [-0.1, -0.05) is 51.8 Å². The number of rotatable bonds is 3. The third-order valence-corrected chi connectivity index (χ3v) is 7.26. The first-order chi connectivity index (χ1) is 17.8. The van der Waals surface area contributed by atoms with Crippen LogP contribution in [0.2, 0.25) is 5.02 Å². The fourth-order valence-corrected chi connectivity index (χ4v) is 5.21. The number of aromatic nitrogens is 3. The van der Waals surface area contributed by atoms with Crippen molar-refractivity contribution in [2.75, 3.05) is 0 Å². The summed E-state index contributed by atoms with van der Waals surface area (Å²) in [5, 5.41) is 6.75. The first kappa shape index (κ1) is 23.5. The van der Waals surface area contributed by atoms with E-state index in [0.29, 0.717) is 27.5 Å². The van der Waals surface area contributed by atoms with Gasteiger partial charge in [0, 0.05) is 14.9 Å². The Morgan fingerprint density at radius 3 is 2.43 bits per heavy atom. The molecule has 0 atom stereocenters. The number of carbonyl (C=O) groups excluding carboxylic acids is 2. The molecule has 3 aromatic carbocycles. The number of para-hydroxylation sites is 2. The van der Waals surface area contributed by atoms with Crippen molar-refractivity contribution in [2.45, 2.75) is 20.4 Å². The van der Waals surface area contributed by atoms with E-state index < -0.39 is 11.8 Å². The van der Waals surface area contributed by atoms with Gasteiger partial charge in [0.2, 0.25) is 0 Å². The Morgan fingerprint density at radius 1 is 1.00 bits per heavy atom. The van der Waals surface area contributed by atoms with Crippen molar-refractivity contribution < 1.29 is 9.59 Å². The summed E-state index contributed by atoms with van der Waals surface area (Å²) in [6.07, 6.45) is 0. The third-order valence-electron chi connectivity index (χ3n) is 6.51. The number of fused-ring (bicyclic) bond motifs is 4. The van der Waals surface area contributed by atoms with Crippen molar-refractivity contribution in [3.05, 3.63) is 87.4 Å². The maximum atomic E-state index is 13.5. The van der Waals surface area contributed by atoms with Gasteiger partial charge in [-0.15, -0.1) is 0 Å². The molecule has 0 bridgehead atoms. The van der Waals surface area contributed by atoms with Gasteiger partial charge in [0.05, 0.1) is 27.8 Å². The number of hydrogen-bond donors (Lipinski definition) is 0. The molecule has 9 heteroatoms. The molecule has 0 radical (unpaired) electrons. The van der Waals surface area contributed by atoms with E-state index in [2.05, 4.69) is 21.0 Å².